The van der Waals surface area contributed by atoms with E-state index in [0.717, 1.165) is 50.1 Å². The number of nitrogens with zero attached hydrogens (tertiary/aromatic N) is 5. The predicted octanol–water partition coefficient (Wildman–Crippen LogP) is 4.14. The summed E-state index contributed by atoms with van der Waals surface area (Å²) >= 11 is 1.78. The van der Waals surface area contributed by atoms with Crippen LogP contribution in [0.25, 0.3) is 0 Å². The van der Waals surface area contributed by atoms with Gasteiger partial charge in [-0.3, -0.25) is 14.6 Å². The molecule has 0 bridgehead atoms. The molecule has 0 aromatic rings. The number of carbonyl (C=O) groups excluding carboxylic acids is 1. The lowest BCUT2D eigenvalue weighted by Gasteiger charge is -2.32. The predicted molar refractivity (Wildman–Crippen MR) is 171 cm³/mol. The molecule has 220 valence electrons. The first-order valence-corrected chi connectivity index (χ1v) is 14.8. The van der Waals surface area contributed by atoms with Crippen LogP contribution < -0.4 is 10.6 Å². The summed E-state index contributed by atoms with van der Waals surface area (Å²) in [7, 11) is 1.85. The Morgan fingerprint density at radius 3 is 2.40 bits per heavy atom. The first-order valence-electron chi connectivity index (χ1n) is 13.6. The molecule has 0 unspecified atom stereocenters. The van der Waals surface area contributed by atoms with Gasteiger partial charge in [-0.15, -0.1) is 23.6 Å². The number of hydrogen-bond donors (Lipinski definition) is 2. The fraction of sp³-hybridized carbons (Fsp3) is 0.500. The molecule has 0 radical (unpaired) electrons. The molecule has 2 N–H and O–H groups in total. The molecule has 0 saturated carbocycles. The second-order valence-electron chi connectivity index (χ2n) is 8.68. The van der Waals surface area contributed by atoms with E-state index >= 15 is 0 Å². The first-order chi connectivity index (χ1) is 19.3. The zero-order valence-electron chi connectivity index (χ0n) is 25.3. The highest BCUT2D eigenvalue weighted by molar-refractivity contribution is 7.99. The normalized spacial score (nSPS) is 18.2. The molecule has 3 aliphatic heterocycles. The van der Waals surface area contributed by atoms with Crippen LogP contribution in [-0.4, -0.2) is 91.4 Å². The van der Waals surface area contributed by atoms with Crippen molar-refractivity contribution in [2.45, 2.75) is 41.5 Å². The van der Waals surface area contributed by atoms with Crippen molar-refractivity contribution < 1.29 is 9.53 Å². The van der Waals surface area contributed by atoms with Crippen LogP contribution in [-0.2, 0) is 9.53 Å². The van der Waals surface area contributed by atoms with E-state index in [1.54, 1.807) is 16.7 Å². The van der Waals surface area contributed by atoms with Crippen LogP contribution in [0.3, 0.4) is 0 Å². The minimum Gasteiger partial charge on any atom is -0.430 e. The van der Waals surface area contributed by atoms with Crippen molar-refractivity contribution in [3.63, 3.8) is 0 Å². The SMILES string of the molecule is C=NC1=C(NCN2CCNCC2)C(=C)N(C)C(O/C(C)=C/C=C\C=C(/C)C(=O)N2CCSC2)=N1.CC.CC#CC. The monoisotopic (exact) mass is 569 g/mol. The second kappa shape index (κ2) is 19.7. The molecule has 0 aliphatic carbocycles. The second-order valence-corrected chi connectivity index (χ2v) is 9.75. The van der Waals surface area contributed by atoms with Crippen LogP contribution in [0, 0.1) is 11.8 Å². The number of amidine groups is 1. The Hall–Kier alpha value is -3.26. The highest BCUT2D eigenvalue weighted by Gasteiger charge is 2.25. The van der Waals surface area contributed by atoms with Gasteiger partial charge in [0, 0.05) is 51.1 Å². The number of carbonyl (C=O) groups is 1. The van der Waals surface area contributed by atoms with E-state index in [4.69, 9.17) is 4.74 Å². The zero-order valence-corrected chi connectivity index (χ0v) is 26.2. The minimum atomic E-state index is 0.0842. The number of aliphatic imine (C=N–C) groups is 2. The van der Waals surface area contributed by atoms with Gasteiger partial charge < -0.3 is 20.3 Å². The highest BCUT2D eigenvalue weighted by Crippen LogP contribution is 2.23. The van der Waals surface area contributed by atoms with E-state index in [0.29, 0.717) is 35.5 Å². The zero-order chi connectivity index (χ0) is 29.9. The van der Waals surface area contributed by atoms with Gasteiger partial charge >= 0.3 is 6.02 Å². The number of amides is 1. The maximum absolute atomic E-state index is 12.3. The van der Waals surface area contributed by atoms with Crippen molar-refractivity contribution in [2.24, 2.45) is 9.98 Å². The molecule has 10 heteroatoms. The summed E-state index contributed by atoms with van der Waals surface area (Å²) in [6.07, 6.45) is 7.32. The van der Waals surface area contributed by atoms with Gasteiger partial charge in [-0.2, -0.15) is 4.99 Å². The maximum atomic E-state index is 12.3. The van der Waals surface area contributed by atoms with E-state index in [9.17, 15) is 4.79 Å². The van der Waals surface area contributed by atoms with E-state index in [2.05, 4.69) is 50.7 Å². The Bertz CT molecular complexity index is 1060. The molecule has 1 amide bonds. The molecule has 0 atom stereocenters. The summed E-state index contributed by atoms with van der Waals surface area (Å²) in [5.41, 5.74) is 2.17. The van der Waals surface area contributed by atoms with E-state index in [1.165, 1.54) is 0 Å². The van der Waals surface area contributed by atoms with Crippen molar-refractivity contribution in [1.82, 2.24) is 25.3 Å². The van der Waals surface area contributed by atoms with Crippen molar-refractivity contribution in [3.8, 4) is 11.8 Å². The van der Waals surface area contributed by atoms with Crippen LogP contribution in [0.2, 0.25) is 0 Å². The standard InChI is InChI=1S/C24H35N7O2S.C4H6.C2H6/c1-18(23(32)31-14-15-34-17-31)8-6-7-9-19(2)33-24-28-22(25-4)21(20(3)29(24)5)27-16-30-12-10-26-11-13-30;1-3-4-2;1-2/h6-9,26-27H,3-4,10-17H2,1-2,5H3;1-2H3;1-2H3/b7-6-,18-8+,19-9+;;. The number of piperazine rings is 1. The largest absolute Gasteiger partial charge is 0.430 e. The van der Waals surface area contributed by atoms with Crippen LogP contribution in [0.15, 0.2) is 69.4 Å². The van der Waals surface area contributed by atoms with Gasteiger partial charge in [0.1, 0.15) is 11.5 Å². The Kier molecular flexibility index (Phi) is 17.2. The molecule has 2 fully saturated rings. The molecule has 0 aromatic heterocycles. The van der Waals surface area contributed by atoms with Crippen LogP contribution in [0.5, 0.6) is 0 Å². The number of allylic oxidation sites excluding steroid dienone is 5. The summed E-state index contributed by atoms with van der Waals surface area (Å²) in [4.78, 5) is 26.9. The molecule has 0 aromatic carbocycles. The lowest BCUT2D eigenvalue weighted by atomic mass is 10.2. The lowest BCUT2D eigenvalue weighted by molar-refractivity contribution is -0.125. The Morgan fingerprint density at radius 2 is 1.82 bits per heavy atom. The molecular weight excluding hydrogens is 522 g/mol. The van der Waals surface area contributed by atoms with Gasteiger partial charge in [0.15, 0.2) is 5.82 Å². The number of likely N-dealkylation sites (N-methyl/N-ethyl adjacent to an activating group) is 1. The maximum Gasteiger partial charge on any atom is 0.303 e. The third-order valence-corrected chi connectivity index (χ3v) is 6.88. The number of hydrogen-bond acceptors (Lipinski definition) is 9. The van der Waals surface area contributed by atoms with Crippen molar-refractivity contribution in [1.29, 1.82) is 0 Å². The number of rotatable bonds is 8. The highest BCUT2D eigenvalue weighted by atomic mass is 32.2. The topological polar surface area (TPSA) is 84.8 Å². The molecule has 9 nitrogen and oxygen atoms in total. The first kappa shape index (κ1) is 34.8. The Morgan fingerprint density at radius 1 is 1.18 bits per heavy atom. The van der Waals surface area contributed by atoms with Crippen LogP contribution in [0.1, 0.15) is 41.5 Å². The smallest absolute Gasteiger partial charge is 0.303 e. The summed E-state index contributed by atoms with van der Waals surface area (Å²) in [6.45, 7) is 24.6. The van der Waals surface area contributed by atoms with Gasteiger partial charge in [-0.25, -0.2) is 4.99 Å². The molecule has 3 rings (SSSR count). The molecular formula is C30H47N7O2S. The van der Waals surface area contributed by atoms with E-state index < -0.39 is 0 Å². The quantitative estimate of drug-likeness (QED) is 0.149. The molecule has 3 heterocycles. The van der Waals surface area contributed by atoms with Gasteiger partial charge in [-0.1, -0.05) is 38.7 Å². The average molecular weight is 570 g/mol. The van der Waals surface area contributed by atoms with Gasteiger partial charge in [0.25, 0.3) is 0 Å². The lowest BCUT2D eigenvalue weighted by Crippen LogP contribution is -2.47. The molecule has 0 spiro atoms. The van der Waals surface area contributed by atoms with Crippen molar-refractivity contribution in [3.05, 3.63) is 59.4 Å². The number of ether oxygens (including phenoxy) is 1. The summed E-state index contributed by atoms with van der Waals surface area (Å²) < 4.78 is 5.94. The fourth-order valence-electron chi connectivity index (χ4n) is 3.54. The minimum absolute atomic E-state index is 0.0842. The number of nitrogens with one attached hydrogen (secondary N) is 2. The summed E-state index contributed by atoms with van der Waals surface area (Å²) in [6, 6.07) is 0.371. The van der Waals surface area contributed by atoms with Gasteiger partial charge in [0.05, 0.1) is 18.2 Å². The molecule has 40 heavy (non-hydrogen) atoms. The van der Waals surface area contributed by atoms with Crippen LogP contribution >= 0.6 is 11.8 Å². The van der Waals surface area contributed by atoms with Crippen molar-refractivity contribution in [2.75, 3.05) is 58.1 Å². The Labute approximate surface area is 245 Å². The van der Waals surface area contributed by atoms with Gasteiger partial charge in [0.2, 0.25) is 5.91 Å². The number of thioether (sulfide) groups is 1. The van der Waals surface area contributed by atoms with Crippen molar-refractivity contribution >= 4 is 30.4 Å². The Balaban J connectivity index is 0.00000122. The average Bonchev–Trinajstić information content (AvgIpc) is 3.53. The third kappa shape index (κ3) is 11.5. The van der Waals surface area contributed by atoms with Gasteiger partial charge in [-0.05, 0) is 40.5 Å². The molecule has 2 saturated heterocycles. The van der Waals surface area contributed by atoms with E-state index in [1.807, 2.05) is 77.8 Å². The van der Waals surface area contributed by atoms with Crippen LogP contribution in [0.4, 0.5) is 0 Å². The summed E-state index contributed by atoms with van der Waals surface area (Å²) in [5.74, 6) is 8.31. The third-order valence-electron chi connectivity index (χ3n) is 5.91. The fourth-order valence-corrected chi connectivity index (χ4v) is 4.49. The van der Waals surface area contributed by atoms with E-state index in [-0.39, 0.29) is 5.91 Å². The summed E-state index contributed by atoms with van der Waals surface area (Å²) in [5, 5.41) is 6.75. The molecule has 3 aliphatic rings.